The van der Waals surface area contributed by atoms with Gasteiger partial charge in [-0.3, -0.25) is 9.59 Å². The van der Waals surface area contributed by atoms with Gasteiger partial charge in [0.15, 0.2) is 6.10 Å². The number of likely N-dealkylation sites (tertiary alicyclic amines) is 1. The number of hydrogen-bond acceptors (Lipinski definition) is 3. The van der Waals surface area contributed by atoms with Crippen LogP contribution in [0, 0.1) is 5.41 Å². The predicted octanol–water partition coefficient (Wildman–Crippen LogP) is 1.70. The summed E-state index contributed by atoms with van der Waals surface area (Å²) in [4.78, 5) is 25.3. The molecule has 1 saturated heterocycles. The van der Waals surface area contributed by atoms with E-state index in [2.05, 4.69) is 0 Å². The number of aliphatic carboxylic acids is 1. The van der Waals surface area contributed by atoms with Crippen LogP contribution in [-0.4, -0.2) is 42.1 Å². The van der Waals surface area contributed by atoms with Gasteiger partial charge in [-0.15, -0.1) is 0 Å². The van der Waals surface area contributed by atoms with Crippen LogP contribution in [0.15, 0.2) is 30.3 Å². The van der Waals surface area contributed by atoms with Crippen molar-refractivity contribution in [1.29, 1.82) is 0 Å². The van der Waals surface area contributed by atoms with Crippen molar-refractivity contribution < 1.29 is 19.4 Å². The molecule has 5 nitrogen and oxygen atoms in total. The van der Waals surface area contributed by atoms with Crippen molar-refractivity contribution in [1.82, 2.24) is 4.90 Å². The summed E-state index contributed by atoms with van der Waals surface area (Å²) < 4.78 is 5.30. The summed E-state index contributed by atoms with van der Waals surface area (Å²) in [6.07, 6.45) is -0.202. The first-order valence-electron chi connectivity index (χ1n) is 6.58. The van der Waals surface area contributed by atoms with E-state index in [1.54, 1.807) is 11.8 Å². The third-order valence-corrected chi connectivity index (χ3v) is 3.86. The van der Waals surface area contributed by atoms with Gasteiger partial charge in [-0.25, -0.2) is 0 Å². The third-order valence-electron chi connectivity index (χ3n) is 3.86. The summed E-state index contributed by atoms with van der Waals surface area (Å²) in [6, 6.07) is 9.23. The topological polar surface area (TPSA) is 66.8 Å². The normalized spacial score (nSPS) is 23.6. The minimum Gasteiger partial charge on any atom is -0.481 e. The Kier molecular flexibility index (Phi) is 4.09. The maximum Gasteiger partial charge on any atom is 0.311 e. The first-order valence-corrected chi connectivity index (χ1v) is 6.58. The van der Waals surface area contributed by atoms with Crippen LogP contribution in [0.3, 0.4) is 0 Å². The number of nitrogens with zero attached hydrogens (tertiary/aromatic N) is 1. The molecule has 2 atom stereocenters. The number of hydrogen-bond donors (Lipinski definition) is 1. The molecule has 108 valence electrons. The Balaban J connectivity index is 2.13. The fourth-order valence-electron chi connectivity index (χ4n) is 2.50. The predicted molar refractivity (Wildman–Crippen MR) is 73.1 cm³/mol. The fraction of sp³-hybridized carbons (Fsp3) is 0.467. The zero-order chi connectivity index (χ0) is 14.8. The Morgan fingerprint density at radius 2 is 2.00 bits per heavy atom. The van der Waals surface area contributed by atoms with E-state index in [0.29, 0.717) is 13.0 Å². The Hall–Kier alpha value is -1.88. The molecule has 2 rings (SSSR count). The molecular formula is C15H19NO4. The van der Waals surface area contributed by atoms with Crippen LogP contribution < -0.4 is 0 Å². The van der Waals surface area contributed by atoms with Gasteiger partial charge in [0, 0.05) is 20.2 Å². The maximum absolute atomic E-state index is 12.5. The molecule has 1 fully saturated rings. The van der Waals surface area contributed by atoms with E-state index in [1.165, 1.54) is 7.11 Å². The molecule has 0 saturated carbocycles. The molecule has 1 heterocycles. The largest absolute Gasteiger partial charge is 0.481 e. The summed E-state index contributed by atoms with van der Waals surface area (Å²) in [5, 5.41) is 9.22. The Morgan fingerprint density at radius 1 is 1.35 bits per heavy atom. The van der Waals surface area contributed by atoms with E-state index in [0.717, 1.165) is 5.56 Å². The molecule has 0 unspecified atom stereocenters. The molecule has 1 aromatic rings. The van der Waals surface area contributed by atoms with E-state index in [-0.39, 0.29) is 12.5 Å². The fourth-order valence-corrected chi connectivity index (χ4v) is 2.50. The molecule has 1 N–H and O–H groups in total. The summed E-state index contributed by atoms with van der Waals surface area (Å²) in [5.41, 5.74) is -0.0751. The van der Waals surface area contributed by atoms with Crippen molar-refractivity contribution in [2.45, 2.75) is 19.4 Å². The summed E-state index contributed by atoms with van der Waals surface area (Å²) in [5.74, 6) is -1.04. The van der Waals surface area contributed by atoms with Gasteiger partial charge < -0.3 is 14.7 Å². The van der Waals surface area contributed by atoms with E-state index >= 15 is 0 Å². The lowest BCUT2D eigenvalue weighted by molar-refractivity contribution is -0.148. The Labute approximate surface area is 118 Å². The molecule has 0 spiro atoms. The van der Waals surface area contributed by atoms with Gasteiger partial charge in [0.05, 0.1) is 5.41 Å². The van der Waals surface area contributed by atoms with Crippen molar-refractivity contribution in [3.05, 3.63) is 35.9 Å². The maximum atomic E-state index is 12.5. The number of methoxy groups -OCH3 is 1. The van der Waals surface area contributed by atoms with Crippen LogP contribution in [0.1, 0.15) is 25.0 Å². The third kappa shape index (κ3) is 2.67. The average Bonchev–Trinajstić information content (AvgIpc) is 2.85. The summed E-state index contributed by atoms with van der Waals surface area (Å²) >= 11 is 0. The SMILES string of the molecule is CO[C@@H](C(=O)N1CC[C@@](C)(C(=O)O)C1)c1ccccc1. The van der Waals surface area contributed by atoms with E-state index in [1.807, 2.05) is 30.3 Å². The van der Waals surface area contributed by atoms with Crippen LogP contribution in [0.4, 0.5) is 0 Å². The van der Waals surface area contributed by atoms with Crippen molar-refractivity contribution >= 4 is 11.9 Å². The van der Waals surface area contributed by atoms with Gasteiger partial charge in [-0.05, 0) is 18.9 Å². The highest BCUT2D eigenvalue weighted by Crippen LogP contribution is 2.32. The van der Waals surface area contributed by atoms with Gasteiger partial charge in [0.1, 0.15) is 0 Å². The number of carboxylic acid groups (broad SMARTS) is 1. The number of benzene rings is 1. The smallest absolute Gasteiger partial charge is 0.311 e. The minimum absolute atomic E-state index is 0.177. The number of carbonyl (C=O) groups is 2. The number of carbonyl (C=O) groups excluding carboxylic acids is 1. The van der Waals surface area contributed by atoms with Crippen LogP contribution in [0.2, 0.25) is 0 Å². The molecule has 0 aliphatic carbocycles. The van der Waals surface area contributed by atoms with Gasteiger partial charge >= 0.3 is 5.97 Å². The molecule has 1 aliphatic heterocycles. The Bertz CT molecular complexity index is 502. The average molecular weight is 277 g/mol. The van der Waals surface area contributed by atoms with Gasteiger partial charge in [-0.2, -0.15) is 0 Å². The lowest BCUT2D eigenvalue weighted by Gasteiger charge is -2.24. The first-order chi connectivity index (χ1) is 9.48. The molecule has 1 amide bonds. The molecule has 1 aromatic carbocycles. The number of carboxylic acids is 1. The van der Waals surface area contributed by atoms with Crippen molar-refractivity contribution in [2.75, 3.05) is 20.2 Å². The second kappa shape index (κ2) is 5.63. The molecular weight excluding hydrogens is 258 g/mol. The Morgan fingerprint density at radius 3 is 2.50 bits per heavy atom. The number of rotatable bonds is 4. The lowest BCUT2D eigenvalue weighted by Crippen LogP contribution is -2.37. The monoisotopic (exact) mass is 277 g/mol. The molecule has 0 radical (unpaired) electrons. The summed E-state index contributed by atoms with van der Waals surface area (Å²) in [6.45, 7) is 2.36. The van der Waals surface area contributed by atoms with Crippen LogP contribution in [0.5, 0.6) is 0 Å². The molecule has 5 heteroatoms. The quantitative estimate of drug-likeness (QED) is 0.909. The standard InChI is InChI=1S/C15H19NO4/c1-15(14(18)19)8-9-16(10-15)13(17)12(20-2)11-6-4-3-5-7-11/h3-7,12H,8-10H2,1-2H3,(H,18,19)/t12-,15-/m1/s1. The van der Waals surface area contributed by atoms with E-state index in [4.69, 9.17) is 4.74 Å². The van der Waals surface area contributed by atoms with Crippen molar-refractivity contribution in [2.24, 2.45) is 5.41 Å². The van der Waals surface area contributed by atoms with Gasteiger partial charge in [-0.1, -0.05) is 30.3 Å². The zero-order valence-electron chi connectivity index (χ0n) is 11.7. The van der Waals surface area contributed by atoms with Crippen LogP contribution >= 0.6 is 0 Å². The summed E-state index contributed by atoms with van der Waals surface area (Å²) in [7, 11) is 1.49. The lowest BCUT2D eigenvalue weighted by atomic mass is 9.90. The molecule has 0 aromatic heterocycles. The van der Waals surface area contributed by atoms with Crippen molar-refractivity contribution in [3.63, 3.8) is 0 Å². The van der Waals surface area contributed by atoms with Gasteiger partial charge in [0.2, 0.25) is 0 Å². The number of amides is 1. The highest BCUT2D eigenvalue weighted by Gasteiger charge is 2.43. The van der Waals surface area contributed by atoms with Crippen molar-refractivity contribution in [3.8, 4) is 0 Å². The highest BCUT2D eigenvalue weighted by molar-refractivity contribution is 5.84. The molecule has 0 bridgehead atoms. The minimum atomic E-state index is -0.860. The number of ether oxygens (including phenoxy) is 1. The second-order valence-corrected chi connectivity index (χ2v) is 5.40. The molecule has 20 heavy (non-hydrogen) atoms. The van der Waals surface area contributed by atoms with E-state index < -0.39 is 17.5 Å². The zero-order valence-corrected chi connectivity index (χ0v) is 11.7. The van der Waals surface area contributed by atoms with Gasteiger partial charge in [0.25, 0.3) is 5.91 Å². The van der Waals surface area contributed by atoms with Crippen LogP contribution in [0.25, 0.3) is 0 Å². The molecule has 1 aliphatic rings. The highest BCUT2D eigenvalue weighted by atomic mass is 16.5. The van der Waals surface area contributed by atoms with Crippen LogP contribution in [-0.2, 0) is 14.3 Å². The first kappa shape index (κ1) is 14.5. The second-order valence-electron chi connectivity index (χ2n) is 5.40. The van der Waals surface area contributed by atoms with E-state index in [9.17, 15) is 14.7 Å².